The van der Waals surface area contributed by atoms with Gasteiger partial charge in [-0.25, -0.2) is 13.7 Å². The van der Waals surface area contributed by atoms with Crippen LogP contribution in [0.4, 0.5) is 16.3 Å². The molecule has 28 heavy (non-hydrogen) atoms. The van der Waals surface area contributed by atoms with E-state index in [4.69, 9.17) is 9.47 Å². The maximum absolute atomic E-state index is 11.9. The van der Waals surface area contributed by atoms with Crippen LogP contribution in [0, 0.1) is 0 Å². The predicted octanol–water partition coefficient (Wildman–Crippen LogP) is 2.24. The highest BCUT2D eigenvalue weighted by Gasteiger charge is 2.31. The third-order valence-electron chi connectivity index (χ3n) is 4.56. The van der Waals surface area contributed by atoms with E-state index in [1.165, 1.54) is 0 Å². The summed E-state index contributed by atoms with van der Waals surface area (Å²) in [4.78, 5) is 12.5. The number of fused-ring (bicyclic) bond motifs is 1. The number of nitrogens with one attached hydrogen (secondary N) is 4. The molecule has 2 aliphatic rings. The fourth-order valence-corrected chi connectivity index (χ4v) is 4.32. The molecule has 0 saturated carbocycles. The molecule has 0 spiro atoms. The van der Waals surface area contributed by atoms with Gasteiger partial charge in [0.05, 0.1) is 17.2 Å². The number of nitrogens with zero attached hydrogens (tertiary/aromatic N) is 1. The van der Waals surface area contributed by atoms with Gasteiger partial charge in [0, 0.05) is 36.3 Å². The van der Waals surface area contributed by atoms with Crippen molar-refractivity contribution in [2.45, 2.75) is 50.0 Å². The first-order valence-electron chi connectivity index (χ1n) is 9.18. The van der Waals surface area contributed by atoms with Crippen molar-refractivity contribution in [3.63, 3.8) is 0 Å². The smallest absolute Gasteiger partial charge is 0.407 e. The van der Waals surface area contributed by atoms with Crippen molar-refractivity contribution >= 4 is 28.6 Å². The molecule has 3 atom stereocenters. The van der Waals surface area contributed by atoms with Crippen molar-refractivity contribution < 1.29 is 18.5 Å². The van der Waals surface area contributed by atoms with Crippen LogP contribution in [0.2, 0.25) is 0 Å². The fourth-order valence-electron chi connectivity index (χ4n) is 3.28. The van der Waals surface area contributed by atoms with E-state index in [-0.39, 0.29) is 18.2 Å². The van der Waals surface area contributed by atoms with E-state index in [9.17, 15) is 9.00 Å². The molecule has 0 radical (unpaired) electrons. The second-order valence-corrected chi connectivity index (χ2v) is 8.36. The first-order chi connectivity index (χ1) is 13.5. The lowest BCUT2D eigenvalue weighted by atomic mass is 10.1. The average Bonchev–Trinajstić information content (AvgIpc) is 3.36. The van der Waals surface area contributed by atoms with Crippen LogP contribution in [0.25, 0.3) is 0 Å². The topological polar surface area (TPSA) is 117 Å². The SMILES string of the molecule is CC(C)NC(=O)O[C@@H]1CO[C@H](c2cc(Nc3cccc4c3CNS4=O)n[nH]2)C1. The number of carbonyl (C=O) groups is 1. The quantitative estimate of drug-likeness (QED) is 0.606. The minimum absolute atomic E-state index is 0.0268. The normalized spacial score (nSPS) is 23.6. The summed E-state index contributed by atoms with van der Waals surface area (Å²) in [5.41, 5.74) is 2.66. The Bertz CT molecular complexity index is 900. The van der Waals surface area contributed by atoms with Gasteiger partial charge >= 0.3 is 6.09 Å². The fraction of sp³-hybridized carbons (Fsp3) is 0.444. The molecule has 1 unspecified atom stereocenters. The van der Waals surface area contributed by atoms with Gasteiger partial charge in [-0.1, -0.05) is 6.07 Å². The average molecular weight is 405 g/mol. The summed E-state index contributed by atoms with van der Waals surface area (Å²) in [6.45, 7) is 4.65. The molecular formula is C18H23N5O4S. The van der Waals surface area contributed by atoms with E-state index in [0.717, 1.165) is 21.8 Å². The van der Waals surface area contributed by atoms with Gasteiger partial charge < -0.3 is 20.1 Å². The molecule has 150 valence electrons. The third-order valence-corrected chi connectivity index (χ3v) is 5.75. The van der Waals surface area contributed by atoms with Crippen LogP contribution in [-0.4, -0.2) is 39.3 Å². The van der Waals surface area contributed by atoms with Crippen LogP contribution >= 0.6 is 0 Å². The largest absolute Gasteiger partial charge is 0.444 e. The molecule has 2 aliphatic heterocycles. The summed E-state index contributed by atoms with van der Waals surface area (Å²) in [5, 5.41) is 13.2. The van der Waals surface area contributed by atoms with Gasteiger partial charge in [-0.15, -0.1) is 0 Å². The van der Waals surface area contributed by atoms with Crippen molar-refractivity contribution in [1.29, 1.82) is 0 Å². The number of amides is 1. The number of ether oxygens (including phenoxy) is 2. The highest BCUT2D eigenvalue weighted by Crippen LogP contribution is 2.32. The van der Waals surface area contributed by atoms with E-state index in [2.05, 4.69) is 25.6 Å². The molecule has 9 nitrogen and oxygen atoms in total. The maximum atomic E-state index is 11.9. The molecule has 1 fully saturated rings. The Kier molecular flexibility index (Phi) is 5.33. The first kappa shape index (κ1) is 18.9. The van der Waals surface area contributed by atoms with Gasteiger partial charge in [-0.05, 0) is 26.0 Å². The van der Waals surface area contributed by atoms with Crippen LogP contribution in [-0.2, 0) is 27.0 Å². The molecule has 1 amide bonds. The molecule has 1 aromatic heterocycles. The van der Waals surface area contributed by atoms with Gasteiger partial charge in [0.15, 0.2) is 5.82 Å². The van der Waals surface area contributed by atoms with E-state index in [1.54, 1.807) is 0 Å². The summed E-state index contributed by atoms with van der Waals surface area (Å²) in [5.74, 6) is 0.645. The maximum Gasteiger partial charge on any atom is 0.407 e. The molecule has 10 heteroatoms. The van der Waals surface area contributed by atoms with Crippen LogP contribution in [0.5, 0.6) is 0 Å². The van der Waals surface area contributed by atoms with Crippen molar-refractivity contribution in [2.24, 2.45) is 0 Å². The Morgan fingerprint density at radius 1 is 1.43 bits per heavy atom. The highest BCUT2D eigenvalue weighted by molar-refractivity contribution is 7.83. The monoisotopic (exact) mass is 405 g/mol. The second kappa shape index (κ2) is 7.90. The number of anilines is 2. The second-order valence-electron chi connectivity index (χ2n) is 7.09. The molecule has 0 bridgehead atoms. The number of aromatic nitrogens is 2. The summed E-state index contributed by atoms with van der Waals surface area (Å²) >= 11 is 0. The van der Waals surface area contributed by atoms with Crippen molar-refractivity contribution in [3.05, 3.63) is 35.5 Å². The predicted molar refractivity (Wildman–Crippen MR) is 103 cm³/mol. The van der Waals surface area contributed by atoms with Crippen LogP contribution in [0.1, 0.15) is 37.6 Å². The number of rotatable bonds is 5. The Morgan fingerprint density at radius 2 is 2.29 bits per heavy atom. The Labute approximate surface area is 165 Å². The van der Waals surface area contributed by atoms with Gasteiger partial charge in [0.25, 0.3) is 0 Å². The Morgan fingerprint density at radius 3 is 3.11 bits per heavy atom. The summed E-state index contributed by atoms with van der Waals surface area (Å²) < 4.78 is 26.0. The van der Waals surface area contributed by atoms with E-state index in [1.807, 2.05) is 38.1 Å². The van der Waals surface area contributed by atoms with E-state index in [0.29, 0.717) is 25.4 Å². The lowest BCUT2D eigenvalue weighted by molar-refractivity contribution is 0.0682. The third kappa shape index (κ3) is 4.03. The molecule has 4 N–H and O–H groups in total. The summed E-state index contributed by atoms with van der Waals surface area (Å²) in [6.07, 6.45) is -0.367. The molecule has 0 aliphatic carbocycles. The lowest BCUT2D eigenvalue weighted by Crippen LogP contribution is -2.33. The summed E-state index contributed by atoms with van der Waals surface area (Å²) in [6, 6.07) is 7.55. The zero-order valence-corrected chi connectivity index (χ0v) is 16.5. The van der Waals surface area contributed by atoms with Crippen molar-refractivity contribution in [2.75, 3.05) is 11.9 Å². The number of hydrogen-bond donors (Lipinski definition) is 4. The lowest BCUT2D eigenvalue weighted by Gasteiger charge is -2.13. The Balaban J connectivity index is 1.38. The number of aromatic amines is 1. The minimum atomic E-state index is -1.16. The molecule has 4 rings (SSSR count). The van der Waals surface area contributed by atoms with E-state index >= 15 is 0 Å². The molecule has 1 saturated heterocycles. The summed E-state index contributed by atoms with van der Waals surface area (Å²) in [7, 11) is -1.16. The first-order valence-corrected chi connectivity index (χ1v) is 10.3. The zero-order chi connectivity index (χ0) is 19.7. The number of H-pyrrole nitrogens is 1. The minimum Gasteiger partial charge on any atom is -0.444 e. The standard InChI is InChI=1S/C18H23N5O4S/c1-10(2)20-18(24)27-11-6-15(26-9-11)14-7-17(23-22-14)21-13-4-3-5-16-12(13)8-19-28(16)25/h3-5,7,10-11,15,19H,6,8-9H2,1-2H3,(H,20,24)(H2,21,22,23)/t11-,15-,28?/m0/s1. The van der Waals surface area contributed by atoms with Crippen molar-refractivity contribution in [3.8, 4) is 0 Å². The van der Waals surface area contributed by atoms with Crippen molar-refractivity contribution in [1.82, 2.24) is 20.2 Å². The zero-order valence-electron chi connectivity index (χ0n) is 15.7. The molecule has 1 aromatic carbocycles. The number of alkyl carbamates (subject to hydrolysis) is 1. The Hall–Kier alpha value is -2.43. The van der Waals surface area contributed by atoms with Gasteiger partial charge in [0.2, 0.25) is 0 Å². The number of carbonyl (C=O) groups excluding carboxylic acids is 1. The van der Waals surface area contributed by atoms with Crippen LogP contribution in [0.3, 0.4) is 0 Å². The van der Waals surface area contributed by atoms with Crippen LogP contribution < -0.4 is 15.4 Å². The van der Waals surface area contributed by atoms with Gasteiger partial charge in [-0.3, -0.25) is 5.10 Å². The van der Waals surface area contributed by atoms with Crippen LogP contribution in [0.15, 0.2) is 29.2 Å². The highest BCUT2D eigenvalue weighted by atomic mass is 32.2. The number of benzene rings is 1. The van der Waals surface area contributed by atoms with Gasteiger partial charge in [0.1, 0.15) is 23.2 Å². The number of hydrogen-bond acceptors (Lipinski definition) is 6. The molecule has 3 heterocycles. The molecular weight excluding hydrogens is 382 g/mol. The van der Waals surface area contributed by atoms with E-state index < -0.39 is 17.1 Å². The van der Waals surface area contributed by atoms with Gasteiger partial charge in [-0.2, -0.15) is 5.10 Å². The molecule has 2 aromatic rings.